The van der Waals surface area contributed by atoms with Crippen LogP contribution in [0, 0.1) is 5.82 Å². The van der Waals surface area contributed by atoms with E-state index in [0.29, 0.717) is 34.2 Å². The lowest BCUT2D eigenvalue weighted by Gasteiger charge is -2.16. The van der Waals surface area contributed by atoms with Gasteiger partial charge in [0.05, 0.1) is 17.6 Å². The van der Waals surface area contributed by atoms with Gasteiger partial charge in [-0.25, -0.2) is 9.07 Å². The summed E-state index contributed by atoms with van der Waals surface area (Å²) in [6.45, 7) is 3.71. The first-order chi connectivity index (χ1) is 15.6. The molecule has 0 radical (unpaired) electrons. The second kappa shape index (κ2) is 9.58. The van der Waals surface area contributed by atoms with Crippen LogP contribution in [0.3, 0.4) is 0 Å². The summed E-state index contributed by atoms with van der Waals surface area (Å²) in [5, 5.41) is 16.2. The van der Waals surface area contributed by atoms with E-state index >= 15 is 0 Å². The van der Waals surface area contributed by atoms with E-state index in [2.05, 4.69) is 11.7 Å². The van der Waals surface area contributed by atoms with Gasteiger partial charge < -0.3 is 9.84 Å². The minimum absolute atomic E-state index is 0.000977. The van der Waals surface area contributed by atoms with Crippen molar-refractivity contribution in [3.05, 3.63) is 107 Å². The molecule has 1 N–H and O–H groups in total. The lowest BCUT2D eigenvalue weighted by Crippen LogP contribution is -2.32. The molecule has 1 aromatic heterocycles. The third kappa shape index (κ3) is 4.60. The third-order valence-corrected chi connectivity index (χ3v) is 5.14. The van der Waals surface area contributed by atoms with E-state index in [1.54, 1.807) is 30.3 Å². The molecule has 4 aromatic rings. The molecule has 0 aliphatic heterocycles. The summed E-state index contributed by atoms with van der Waals surface area (Å²) in [5.41, 5.74) is 1.89. The Bertz CT molecular complexity index is 1300. The number of rotatable bonds is 8. The molecule has 0 aliphatic carbocycles. The van der Waals surface area contributed by atoms with Crippen molar-refractivity contribution in [3.8, 4) is 17.0 Å². The monoisotopic (exact) mass is 430 g/mol. The highest BCUT2D eigenvalue weighted by molar-refractivity contribution is 5.93. The molecule has 1 atom stereocenters. The number of nitrogens with zero attached hydrogens (tertiary/aromatic N) is 2. The molecule has 4 rings (SSSR count). The maximum atomic E-state index is 13.4. The van der Waals surface area contributed by atoms with Gasteiger partial charge >= 0.3 is 0 Å². The zero-order chi connectivity index (χ0) is 22.5. The second-order valence-corrected chi connectivity index (χ2v) is 7.45. The molecule has 162 valence electrons. The smallest absolute Gasteiger partial charge is 0.274 e. The molecular formula is C26H23FN2O3. The molecule has 5 nitrogen and oxygen atoms in total. The van der Waals surface area contributed by atoms with Gasteiger partial charge in [-0.15, -0.1) is 6.58 Å². The topological polar surface area (TPSA) is 64.3 Å². The van der Waals surface area contributed by atoms with Crippen molar-refractivity contribution in [1.29, 1.82) is 0 Å². The normalized spacial score (nSPS) is 11.9. The fourth-order valence-electron chi connectivity index (χ4n) is 3.59. The highest BCUT2D eigenvalue weighted by Gasteiger charge is 2.15. The van der Waals surface area contributed by atoms with Crippen LogP contribution >= 0.6 is 0 Å². The molecule has 0 aliphatic rings. The summed E-state index contributed by atoms with van der Waals surface area (Å²) in [6, 6.07) is 20.6. The predicted molar refractivity (Wildman–Crippen MR) is 123 cm³/mol. The Labute approximate surface area is 185 Å². The van der Waals surface area contributed by atoms with E-state index in [0.717, 1.165) is 5.56 Å². The van der Waals surface area contributed by atoms with Gasteiger partial charge in [0.15, 0.2) is 0 Å². The van der Waals surface area contributed by atoms with Gasteiger partial charge in [-0.3, -0.25) is 4.79 Å². The first-order valence-electron chi connectivity index (χ1n) is 10.3. The number of aliphatic hydroxyl groups is 1. The highest BCUT2D eigenvalue weighted by Crippen LogP contribution is 2.25. The van der Waals surface area contributed by atoms with E-state index in [1.165, 1.54) is 16.8 Å². The van der Waals surface area contributed by atoms with Crippen LogP contribution in [0.1, 0.15) is 5.56 Å². The first kappa shape index (κ1) is 21.5. The van der Waals surface area contributed by atoms with E-state index < -0.39 is 6.10 Å². The number of benzene rings is 3. The molecule has 1 unspecified atom stereocenters. The maximum absolute atomic E-state index is 13.4. The second-order valence-electron chi connectivity index (χ2n) is 7.45. The summed E-state index contributed by atoms with van der Waals surface area (Å²) >= 11 is 0. The van der Waals surface area contributed by atoms with Crippen molar-refractivity contribution in [2.45, 2.75) is 19.1 Å². The van der Waals surface area contributed by atoms with E-state index in [9.17, 15) is 14.3 Å². The summed E-state index contributed by atoms with van der Waals surface area (Å²) in [7, 11) is 0. The average Bonchev–Trinajstić information content (AvgIpc) is 2.81. The van der Waals surface area contributed by atoms with Crippen LogP contribution in [0.2, 0.25) is 0 Å². The van der Waals surface area contributed by atoms with Crippen LogP contribution in [0.4, 0.5) is 4.39 Å². The van der Waals surface area contributed by atoms with Crippen LogP contribution < -0.4 is 10.3 Å². The average molecular weight is 430 g/mol. The molecule has 0 amide bonds. The molecule has 0 fully saturated rings. The minimum atomic E-state index is -0.959. The lowest BCUT2D eigenvalue weighted by atomic mass is 10.1. The first-order valence-corrected chi connectivity index (χ1v) is 10.3. The molecule has 3 aromatic carbocycles. The molecule has 0 saturated heterocycles. The number of hydrogen-bond acceptors (Lipinski definition) is 4. The number of para-hydroxylation sites is 1. The fourth-order valence-corrected chi connectivity index (χ4v) is 3.59. The van der Waals surface area contributed by atoms with Crippen LogP contribution in [-0.4, -0.2) is 27.6 Å². The summed E-state index contributed by atoms with van der Waals surface area (Å²) in [5.74, 6) is 0.313. The van der Waals surface area contributed by atoms with Crippen LogP contribution in [0.15, 0.2) is 90.2 Å². The SMILES string of the molecule is C=CCc1ccccc1OCC(O)Cn1nc(-c2ccc(F)cc2)c2ccccc2c1=O. The van der Waals surface area contributed by atoms with Gasteiger partial charge in [0.1, 0.15) is 24.3 Å². The van der Waals surface area contributed by atoms with Crippen molar-refractivity contribution >= 4 is 10.8 Å². The van der Waals surface area contributed by atoms with Crippen molar-refractivity contribution in [2.24, 2.45) is 0 Å². The number of fused-ring (bicyclic) bond motifs is 1. The third-order valence-electron chi connectivity index (χ3n) is 5.14. The van der Waals surface area contributed by atoms with Crippen LogP contribution in [0.5, 0.6) is 5.75 Å². The molecule has 0 saturated carbocycles. The number of aliphatic hydroxyl groups excluding tert-OH is 1. The maximum Gasteiger partial charge on any atom is 0.274 e. The number of ether oxygens (including phenoxy) is 1. The van der Waals surface area contributed by atoms with Gasteiger partial charge in [0.2, 0.25) is 0 Å². The summed E-state index contributed by atoms with van der Waals surface area (Å²) < 4.78 is 20.4. The zero-order valence-electron chi connectivity index (χ0n) is 17.4. The number of allylic oxidation sites excluding steroid dienone is 1. The Balaban J connectivity index is 1.62. The zero-order valence-corrected chi connectivity index (χ0v) is 17.4. The summed E-state index contributed by atoms with van der Waals surface area (Å²) in [6.07, 6.45) is 1.48. The Kier molecular flexibility index (Phi) is 6.42. The van der Waals surface area contributed by atoms with Crippen LogP contribution in [-0.2, 0) is 13.0 Å². The molecule has 32 heavy (non-hydrogen) atoms. The molecule has 1 heterocycles. The van der Waals surface area contributed by atoms with Gasteiger partial charge in [-0.2, -0.15) is 5.10 Å². The molecule has 6 heteroatoms. The Morgan fingerprint density at radius 1 is 1.03 bits per heavy atom. The minimum Gasteiger partial charge on any atom is -0.491 e. The van der Waals surface area contributed by atoms with Crippen molar-refractivity contribution < 1.29 is 14.2 Å². The van der Waals surface area contributed by atoms with E-state index in [1.807, 2.05) is 36.4 Å². The van der Waals surface area contributed by atoms with Crippen LogP contribution in [0.25, 0.3) is 22.0 Å². The Morgan fingerprint density at radius 2 is 1.72 bits per heavy atom. The van der Waals surface area contributed by atoms with E-state index in [4.69, 9.17) is 4.74 Å². The molecule has 0 spiro atoms. The molecule has 0 bridgehead atoms. The van der Waals surface area contributed by atoms with Crippen molar-refractivity contribution in [1.82, 2.24) is 9.78 Å². The molecular weight excluding hydrogens is 407 g/mol. The predicted octanol–water partition coefficient (Wildman–Crippen LogP) is 4.37. The quantitative estimate of drug-likeness (QED) is 0.422. The summed E-state index contributed by atoms with van der Waals surface area (Å²) in [4.78, 5) is 13.0. The number of halogens is 1. The van der Waals surface area contributed by atoms with Gasteiger partial charge in [0.25, 0.3) is 5.56 Å². The van der Waals surface area contributed by atoms with E-state index in [-0.39, 0.29) is 24.5 Å². The van der Waals surface area contributed by atoms with Gasteiger partial charge in [-0.1, -0.05) is 42.5 Å². The van der Waals surface area contributed by atoms with Crippen molar-refractivity contribution in [2.75, 3.05) is 6.61 Å². The van der Waals surface area contributed by atoms with Gasteiger partial charge in [-0.05, 0) is 48.4 Å². The van der Waals surface area contributed by atoms with Crippen molar-refractivity contribution in [3.63, 3.8) is 0 Å². The Hall–Kier alpha value is -3.77. The largest absolute Gasteiger partial charge is 0.491 e. The Morgan fingerprint density at radius 3 is 2.47 bits per heavy atom. The standard InChI is InChI=1S/C26H23FN2O3/c1-2-7-18-8-3-6-11-24(18)32-17-21(30)16-29-26(31)23-10-5-4-9-22(23)25(28-29)19-12-14-20(27)15-13-19/h2-6,8-15,21,30H,1,7,16-17H2. The number of aromatic nitrogens is 2. The number of hydrogen-bond donors (Lipinski definition) is 1. The highest BCUT2D eigenvalue weighted by atomic mass is 19.1. The fraction of sp³-hybridized carbons (Fsp3) is 0.154. The lowest BCUT2D eigenvalue weighted by molar-refractivity contribution is 0.0878. The van der Waals surface area contributed by atoms with Gasteiger partial charge in [0, 0.05) is 10.9 Å².